The smallest absolute Gasteiger partial charge is 0.251 e. The fourth-order valence-electron chi connectivity index (χ4n) is 2.97. The summed E-state index contributed by atoms with van der Waals surface area (Å²) in [6, 6.07) is 14.0. The van der Waals surface area contributed by atoms with Crippen LogP contribution in [0.4, 0.5) is 0 Å². The lowest BCUT2D eigenvalue weighted by atomic mass is 10.1. The van der Waals surface area contributed by atoms with Gasteiger partial charge in [0.25, 0.3) is 5.91 Å². The quantitative estimate of drug-likeness (QED) is 0.555. The molecule has 1 aliphatic rings. The van der Waals surface area contributed by atoms with Gasteiger partial charge >= 0.3 is 0 Å². The van der Waals surface area contributed by atoms with Gasteiger partial charge in [0.15, 0.2) is 5.58 Å². The van der Waals surface area contributed by atoms with Crippen LogP contribution in [0.1, 0.15) is 28.8 Å². The van der Waals surface area contributed by atoms with Crippen molar-refractivity contribution in [3.63, 3.8) is 0 Å². The van der Waals surface area contributed by atoms with Gasteiger partial charge < -0.3 is 9.84 Å². The lowest BCUT2D eigenvalue weighted by Crippen LogP contribution is -2.25. The van der Waals surface area contributed by atoms with Crippen LogP contribution in [-0.4, -0.2) is 22.1 Å². The molecule has 0 bridgehead atoms. The van der Waals surface area contributed by atoms with E-state index in [4.69, 9.17) is 9.51 Å². The van der Waals surface area contributed by atoms with Crippen LogP contribution in [0.15, 0.2) is 52.4 Å². The third kappa shape index (κ3) is 3.13. The highest BCUT2D eigenvalue weighted by Gasteiger charge is 2.24. The third-order valence-electron chi connectivity index (χ3n) is 4.69. The molecule has 1 aliphatic carbocycles. The predicted octanol–water partition coefficient (Wildman–Crippen LogP) is 4.82. The molecule has 4 aromatic rings. The van der Waals surface area contributed by atoms with Crippen molar-refractivity contribution in [2.75, 3.05) is 0 Å². The van der Waals surface area contributed by atoms with Crippen molar-refractivity contribution >= 4 is 28.2 Å². The van der Waals surface area contributed by atoms with Crippen LogP contribution < -0.4 is 5.32 Å². The van der Waals surface area contributed by atoms with E-state index in [1.54, 1.807) is 23.5 Å². The van der Waals surface area contributed by atoms with Crippen molar-refractivity contribution in [3.8, 4) is 22.0 Å². The van der Waals surface area contributed by atoms with Crippen molar-refractivity contribution in [1.29, 1.82) is 0 Å². The molecule has 27 heavy (non-hydrogen) atoms. The molecule has 6 heteroatoms. The number of aromatic nitrogens is 2. The number of nitrogens with one attached hydrogen (secondary N) is 1. The maximum Gasteiger partial charge on any atom is 0.251 e. The summed E-state index contributed by atoms with van der Waals surface area (Å²) in [5, 5.41) is 10.9. The van der Waals surface area contributed by atoms with Gasteiger partial charge in [0, 0.05) is 22.5 Å². The highest BCUT2D eigenvalue weighted by atomic mass is 32.1. The van der Waals surface area contributed by atoms with E-state index in [9.17, 15) is 4.79 Å². The van der Waals surface area contributed by atoms with E-state index in [0.717, 1.165) is 34.5 Å². The Morgan fingerprint density at radius 3 is 2.78 bits per heavy atom. The van der Waals surface area contributed by atoms with Crippen LogP contribution in [0.2, 0.25) is 0 Å². The highest BCUT2D eigenvalue weighted by molar-refractivity contribution is 7.13. The van der Waals surface area contributed by atoms with Gasteiger partial charge in [0.1, 0.15) is 16.4 Å². The summed E-state index contributed by atoms with van der Waals surface area (Å²) >= 11 is 1.57. The Labute approximate surface area is 160 Å². The van der Waals surface area contributed by atoms with Crippen LogP contribution in [0.25, 0.3) is 32.9 Å². The molecule has 2 heterocycles. The molecule has 0 saturated heterocycles. The van der Waals surface area contributed by atoms with Crippen molar-refractivity contribution in [2.24, 2.45) is 0 Å². The monoisotopic (exact) mass is 375 g/mol. The zero-order valence-corrected chi connectivity index (χ0v) is 15.5. The Kier molecular flexibility index (Phi) is 3.79. The van der Waals surface area contributed by atoms with Crippen LogP contribution in [0, 0.1) is 6.92 Å². The van der Waals surface area contributed by atoms with Gasteiger partial charge in [-0.2, -0.15) is 0 Å². The lowest BCUT2D eigenvalue weighted by Gasteiger charge is -2.02. The molecule has 1 saturated carbocycles. The zero-order chi connectivity index (χ0) is 18.4. The second kappa shape index (κ2) is 6.32. The van der Waals surface area contributed by atoms with Crippen LogP contribution in [-0.2, 0) is 0 Å². The van der Waals surface area contributed by atoms with Gasteiger partial charge in [-0.1, -0.05) is 35.0 Å². The number of carbonyl (C=O) groups is 1. The number of thiazole rings is 1. The Morgan fingerprint density at radius 2 is 2.00 bits per heavy atom. The van der Waals surface area contributed by atoms with Gasteiger partial charge in [-0.25, -0.2) is 4.98 Å². The molecule has 0 atom stereocenters. The number of rotatable bonds is 4. The second-order valence-corrected chi connectivity index (χ2v) is 7.75. The largest absolute Gasteiger partial charge is 0.356 e. The predicted molar refractivity (Wildman–Crippen MR) is 106 cm³/mol. The number of benzene rings is 2. The fourth-order valence-corrected chi connectivity index (χ4v) is 3.78. The summed E-state index contributed by atoms with van der Waals surface area (Å²) < 4.78 is 5.45. The Balaban J connectivity index is 1.51. The molecule has 5 rings (SSSR count). The number of fused-ring (bicyclic) bond motifs is 1. The van der Waals surface area contributed by atoms with Crippen molar-refractivity contribution in [2.45, 2.75) is 25.8 Å². The first-order valence-corrected chi connectivity index (χ1v) is 9.78. The maximum absolute atomic E-state index is 12.3. The number of carbonyl (C=O) groups excluding carboxylic acids is 1. The molecular formula is C21H17N3O2S. The average molecular weight is 375 g/mol. The number of amides is 1. The zero-order valence-electron chi connectivity index (χ0n) is 14.7. The lowest BCUT2D eigenvalue weighted by molar-refractivity contribution is 0.0951. The second-order valence-electron chi connectivity index (χ2n) is 6.89. The van der Waals surface area contributed by atoms with Gasteiger partial charge in [-0.15, -0.1) is 11.3 Å². The Bertz CT molecular complexity index is 1140. The Hall–Kier alpha value is -2.99. The first-order valence-electron chi connectivity index (χ1n) is 8.90. The van der Waals surface area contributed by atoms with E-state index in [1.165, 1.54) is 5.56 Å². The van der Waals surface area contributed by atoms with Crippen molar-refractivity contribution in [1.82, 2.24) is 15.5 Å². The standard InChI is InChI=1S/C21H17N3O2S/c1-12-2-4-13(5-3-12)21-23-17(11-27-21)19-16-10-14(6-9-18(16)26-24-19)20(25)22-15-7-8-15/h2-6,9-11,15H,7-8H2,1H3,(H,22,25). The summed E-state index contributed by atoms with van der Waals surface area (Å²) in [4.78, 5) is 17.1. The van der Waals surface area contributed by atoms with E-state index in [2.05, 4.69) is 41.7 Å². The summed E-state index contributed by atoms with van der Waals surface area (Å²) in [5.74, 6) is -0.0508. The maximum atomic E-state index is 12.3. The van der Waals surface area contributed by atoms with E-state index < -0.39 is 0 Å². The summed E-state index contributed by atoms with van der Waals surface area (Å²) in [6.45, 7) is 2.07. The molecule has 1 N–H and O–H groups in total. The highest BCUT2D eigenvalue weighted by Crippen LogP contribution is 2.33. The van der Waals surface area contributed by atoms with Crippen LogP contribution >= 0.6 is 11.3 Å². The topological polar surface area (TPSA) is 68.0 Å². The fraction of sp³-hybridized carbons (Fsp3) is 0.190. The summed E-state index contributed by atoms with van der Waals surface area (Å²) in [7, 11) is 0. The Morgan fingerprint density at radius 1 is 1.19 bits per heavy atom. The van der Waals surface area contributed by atoms with Crippen molar-refractivity contribution < 1.29 is 9.32 Å². The number of hydrogen-bond acceptors (Lipinski definition) is 5. The van der Waals surface area contributed by atoms with Gasteiger partial charge in [0.2, 0.25) is 0 Å². The minimum atomic E-state index is -0.0508. The molecule has 2 aromatic carbocycles. The molecule has 2 aromatic heterocycles. The molecule has 1 amide bonds. The molecular weight excluding hydrogens is 358 g/mol. The molecule has 134 valence electrons. The molecule has 0 radical (unpaired) electrons. The first-order chi connectivity index (χ1) is 13.2. The first kappa shape index (κ1) is 16.2. The van der Waals surface area contributed by atoms with Crippen molar-refractivity contribution in [3.05, 3.63) is 59.0 Å². The average Bonchev–Trinajstić information content (AvgIpc) is 3.19. The summed E-state index contributed by atoms with van der Waals surface area (Å²) in [5.41, 5.74) is 4.99. The molecule has 1 fully saturated rings. The van der Waals surface area contributed by atoms with Gasteiger partial charge in [0.05, 0.1) is 5.39 Å². The normalized spacial score (nSPS) is 13.8. The van der Waals surface area contributed by atoms with E-state index in [1.807, 2.05) is 11.4 Å². The molecule has 0 unspecified atom stereocenters. The third-order valence-corrected chi connectivity index (χ3v) is 5.58. The van der Waals surface area contributed by atoms with E-state index in [0.29, 0.717) is 22.9 Å². The molecule has 5 nitrogen and oxygen atoms in total. The SMILES string of the molecule is Cc1ccc(-c2nc(-c3noc4ccc(C(=O)NC5CC5)cc34)cs2)cc1. The number of nitrogens with zero attached hydrogens (tertiary/aromatic N) is 2. The van der Waals surface area contributed by atoms with Crippen LogP contribution in [0.5, 0.6) is 0 Å². The van der Waals surface area contributed by atoms with Gasteiger partial charge in [-0.3, -0.25) is 4.79 Å². The van der Waals surface area contributed by atoms with E-state index >= 15 is 0 Å². The van der Waals surface area contributed by atoms with E-state index in [-0.39, 0.29) is 5.91 Å². The minimum absolute atomic E-state index is 0.0508. The molecule has 0 spiro atoms. The minimum Gasteiger partial charge on any atom is -0.356 e. The molecule has 0 aliphatic heterocycles. The number of aryl methyl sites for hydroxylation is 1. The summed E-state index contributed by atoms with van der Waals surface area (Å²) in [6.07, 6.45) is 2.13. The van der Waals surface area contributed by atoms with Crippen LogP contribution in [0.3, 0.4) is 0 Å². The number of hydrogen-bond donors (Lipinski definition) is 1. The van der Waals surface area contributed by atoms with Gasteiger partial charge in [-0.05, 0) is 38.0 Å².